The van der Waals surface area contributed by atoms with Gasteiger partial charge in [0.2, 0.25) is 0 Å². The summed E-state index contributed by atoms with van der Waals surface area (Å²) in [5.74, 6) is 0.724. The van der Waals surface area contributed by atoms with E-state index in [1.807, 2.05) is 30.3 Å². The van der Waals surface area contributed by atoms with E-state index in [1.54, 1.807) is 62.6 Å². The molecule has 0 aliphatic rings. The Labute approximate surface area is 163 Å². The second kappa shape index (κ2) is 8.86. The predicted molar refractivity (Wildman–Crippen MR) is 108 cm³/mol. The second-order valence-electron chi connectivity index (χ2n) is 6.17. The molecule has 1 N–H and O–H groups in total. The number of methoxy groups -OCH3 is 1. The number of ketones is 1. The number of nitrogens with one attached hydrogen (secondary N) is 1. The molecule has 0 spiro atoms. The molecule has 1 atom stereocenters. The Morgan fingerprint density at radius 1 is 0.821 bits per heavy atom. The van der Waals surface area contributed by atoms with Gasteiger partial charge in [0.25, 0.3) is 5.91 Å². The molecule has 3 aromatic rings. The van der Waals surface area contributed by atoms with Crippen molar-refractivity contribution in [3.05, 3.63) is 90.0 Å². The molecule has 0 aliphatic carbocycles. The highest BCUT2D eigenvalue weighted by Crippen LogP contribution is 2.23. The van der Waals surface area contributed by atoms with E-state index in [4.69, 9.17) is 9.47 Å². The molecule has 1 amide bonds. The molecule has 0 aromatic heterocycles. The molecule has 0 radical (unpaired) electrons. The highest BCUT2D eigenvalue weighted by Gasteiger charge is 2.17. The first kappa shape index (κ1) is 19.2. The molecular weight excluding hydrogens is 354 g/mol. The van der Waals surface area contributed by atoms with Crippen LogP contribution in [0.2, 0.25) is 0 Å². The maximum Gasteiger partial charge on any atom is 0.265 e. The van der Waals surface area contributed by atoms with Crippen LogP contribution in [0.1, 0.15) is 22.8 Å². The van der Waals surface area contributed by atoms with Crippen LogP contribution in [0.15, 0.2) is 78.9 Å². The van der Waals surface area contributed by atoms with Gasteiger partial charge in [0, 0.05) is 11.1 Å². The summed E-state index contributed by atoms with van der Waals surface area (Å²) >= 11 is 0. The average molecular weight is 375 g/mol. The van der Waals surface area contributed by atoms with E-state index in [9.17, 15) is 9.59 Å². The molecule has 0 aliphatic heterocycles. The monoisotopic (exact) mass is 375 g/mol. The van der Waals surface area contributed by atoms with Gasteiger partial charge in [-0.3, -0.25) is 9.59 Å². The fraction of sp³-hybridized carbons (Fsp3) is 0.130. The molecule has 3 aromatic carbocycles. The number of hydrogen-bond donors (Lipinski definition) is 1. The van der Waals surface area contributed by atoms with Gasteiger partial charge in [-0.25, -0.2) is 0 Å². The minimum atomic E-state index is -0.722. The first-order chi connectivity index (χ1) is 13.6. The van der Waals surface area contributed by atoms with Crippen molar-refractivity contribution in [2.75, 3.05) is 12.4 Å². The Bertz CT molecular complexity index is 952. The van der Waals surface area contributed by atoms with Crippen LogP contribution in [-0.2, 0) is 4.79 Å². The van der Waals surface area contributed by atoms with Crippen LogP contribution in [0.4, 0.5) is 5.69 Å². The number of para-hydroxylation sites is 2. The molecule has 28 heavy (non-hydrogen) atoms. The molecule has 0 bridgehead atoms. The predicted octanol–water partition coefficient (Wildman–Crippen LogP) is 4.33. The normalized spacial score (nSPS) is 11.4. The summed E-state index contributed by atoms with van der Waals surface area (Å²) in [6, 6.07) is 23.0. The largest absolute Gasteiger partial charge is 0.495 e. The molecular formula is C23H21NO4. The molecule has 0 heterocycles. The van der Waals surface area contributed by atoms with Crippen molar-refractivity contribution < 1.29 is 19.1 Å². The van der Waals surface area contributed by atoms with Gasteiger partial charge in [-0.2, -0.15) is 0 Å². The van der Waals surface area contributed by atoms with E-state index < -0.39 is 6.10 Å². The molecule has 1 unspecified atom stereocenters. The van der Waals surface area contributed by atoms with Crippen molar-refractivity contribution >= 4 is 17.4 Å². The highest BCUT2D eigenvalue weighted by molar-refractivity contribution is 6.09. The Kier molecular flexibility index (Phi) is 6.07. The second-order valence-corrected chi connectivity index (χ2v) is 6.17. The van der Waals surface area contributed by atoms with E-state index in [0.717, 1.165) is 0 Å². The first-order valence-electron chi connectivity index (χ1n) is 8.89. The van der Waals surface area contributed by atoms with E-state index in [2.05, 4.69) is 5.32 Å². The molecule has 0 saturated carbocycles. The molecule has 0 saturated heterocycles. The number of benzene rings is 3. The fourth-order valence-electron chi connectivity index (χ4n) is 2.68. The van der Waals surface area contributed by atoms with Crippen molar-refractivity contribution in [3.8, 4) is 11.5 Å². The summed E-state index contributed by atoms with van der Waals surface area (Å²) in [5, 5.41) is 2.79. The van der Waals surface area contributed by atoms with Gasteiger partial charge in [-0.1, -0.05) is 42.5 Å². The number of amides is 1. The standard InChI is InChI=1S/C23H21NO4/c1-16(23(26)24-20-10-6-7-11-21(20)27-2)28-19-14-12-18(13-15-19)22(25)17-8-4-3-5-9-17/h3-16H,1-2H3,(H,24,26). The minimum absolute atomic E-state index is 0.0610. The van der Waals surface area contributed by atoms with Crippen LogP contribution in [0, 0.1) is 0 Å². The minimum Gasteiger partial charge on any atom is -0.495 e. The van der Waals surface area contributed by atoms with E-state index in [0.29, 0.717) is 28.3 Å². The van der Waals surface area contributed by atoms with E-state index >= 15 is 0 Å². The van der Waals surface area contributed by atoms with Gasteiger partial charge in [0.1, 0.15) is 11.5 Å². The van der Waals surface area contributed by atoms with Crippen molar-refractivity contribution in [1.82, 2.24) is 0 Å². The first-order valence-corrected chi connectivity index (χ1v) is 8.89. The summed E-state index contributed by atoms with van der Waals surface area (Å²) in [5.41, 5.74) is 1.76. The number of ether oxygens (including phenoxy) is 2. The van der Waals surface area contributed by atoms with Gasteiger partial charge in [-0.15, -0.1) is 0 Å². The average Bonchev–Trinajstić information content (AvgIpc) is 2.74. The quantitative estimate of drug-likeness (QED) is 0.624. The zero-order valence-corrected chi connectivity index (χ0v) is 15.7. The van der Waals surface area contributed by atoms with Crippen LogP contribution in [-0.4, -0.2) is 24.9 Å². The third kappa shape index (κ3) is 4.57. The van der Waals surface area contributed by atoms with Gasteiger partial charge in [-0.05, 0) is 43.3 Å². The summed E-state index contributed by atoms with van der Waals surface area (Å²) < 4.78 is 10.9. The Balaban J connectivity index is 1.63. The van der Waals surface area contributed by atoms with Crippen LogP contribution in [0.25, 0.3) is 0 Å². The third-order valence-electron chi connectivity index (χ3n) is 4.20. The zero-order valence-electron chi connectivity index (χ0n) is 15.7. The molecule has 3 rings (SSSR count). The summed E-state index contributed by atoms with van der Waals surface area (Å²) in [6.07, 6.45) is -0.722. The number of hydrogen-bond acceptors (Lipinski definition) is 4. The maximum atomic E-state index is 12.4. The zero-order chi connectivity index (χ0) is 19.9. The van der Waals surface area contributed by atoms with Gasteiger partial charge in [0.05, 0.1) is 12.8 Å². The van der Waals surface area contributed by atoms with E-state index in [-0.39, 0.29) is 11.7 Å². The lowest BCUT2D eigenvalue weighted by Crippen LogP contribution is -2.30. The van der Waals surface area contributed by atoms with Crippen LogP contribution < -0.4 is 14.8 Å². The lowest BCUT2D eigenvalue weighted by Gasteiger charge is -2.16. The lowest BCUT2D eigenvalue weighted by atomic mass is 10.0. The van der Waals surface area contributed by atoms with Crippen molar-refractivity contribution in [1.29, 1.82) is 0 Å². The third-order valence-corrected chi connectivity index (χ3v) is 4.20. The van der Waals surface area contributed by atoms with Crippen LogP contribution in [0.5, 0.6) is 11.5 Å². The molecule has 142 valence electrons. The van der Waals surface area contributed by atoms with Crippen LogP contribution in [0.3, 0.4) is 0 Å². The number of carbonyl (C=O) groups excluding carboxylic acids is 2. The Morgan fingerprint density at radius 3 is 2.11 bits per heavy atom. The summed E-state index contributed by atoms with van der Waals surface area (Å²) in [6.45, 7) is 1.66. The summed E-state index contributed by atoms with van der Waals surface area (Å²) in [4.78, 5) is 24.8. The fourth-order valence-corrected chi connectivity index (χ4v) is 2.68. The number of carbonyl (C=O) groups is 2. The Morgan fingerprint density at radius 2 is 1.43 bits per heavy atom. The van der Waals surface area contributed by atoms with Gasteiger partial charge >= 0.3 is 0 Å². The summed E-state index contributed by atoms with van der Waals surface area (Å²) in [7, 11) is 1.54. The van der Waals surface area contributed by atoms with E-state index in [1.165, 1.54) is 0 Å². The maximum absolute atomic E-state index is 12.4. The topological polar surface area (TPSA) is 64.6 Å². The number of rotatable bonds is 7. The molecule has 5 heteroatoms. The Hall–Kier alpha value is -3.60. The molecule has 0 fully saturated rings. The number of anilines is 1. The smallest absolute Gasteiger partial charge is 0.265 e. The lowest BCUT2D eigenvalue weighted by molar-refractivity contribution is -0.122. The highest BCUT2D eigenvalue weighted by atomic mass is 16.5. The van der Waals surface area contributed by atoms with Gasteiger partial charge < -0.3 is 14.8 Å². The molecule has 5 nitrogen and oxygen atoms in total. The van der Waals surface area contributed by atoms with Crippen LogP contribution >= 0.6 is 0 Å². The van der Waals surface area contributed by atoms with Gasteiger partial charge in [0.15, 0.2) is 11.9 Å². The van der Waals surface area contributed by atoms with Crippen molar-refractivity contribution in [3.63, 3.8) is 0 Å². The van der Waals surface area contributed by atoms with Crippen molar-refractivity contribution in [2.24, 2.45) is 0 Å². The SMILES string of the molecule is COc1ccccc1NC(=O)C(C)Oc1ccc(C(=O)c2ccccc2)cc1. The van der Waals surface area contributed by atoms with Crippen molar-refractivity contribution in [2.45, 2.75) is 13.0 Å².